The van der Waals surface area contributed by atoms with E-state index in [4.69, 9.17) is 5.73 Å². The number of aliphatic carboxylic acids is 1. The molecule has 21 heavy (non-hydrogen) atoms. The van der Waals surface area contributed by atoms with Gasteiger partial charge in [0, 0.05) is 12.3 Å². The maximum atomic E-state index is 12.1. The normalized spacial score (nSPS) is 36.3. The average Bonchev–Trinajstić information content (AvgIpc) is 3.12. The van der Waals surface area contributed by atoms with Crippen molar-refractivity contribution in [2.45, 2.75) is 44.0 Å². The molecular weight excluding hydrogens is 278 g/mol. The van der Waals surface area contributed by atoms with Crippen LogP contribution in [0.4, 0.5) is 0 Å². The highest BCUT2D eigenvalue weighted by Crippen LogP contribution is 2.56. The van der Waals surface area contributed by atoms with E-state index in [1.165, 1.54) is 13.8 Å². The molecule has 8 nitrogen and oxygen atoms in total. The predicted octanol–water partition coefficient (Wildman–Crippen LogP) is -2.01. The fourth-order valence-electron chi connectivity index (χ4n) is 2.79. The lowest BCUT2D eigenvalue weighted by Crippen LogP contribution is -2.60. The van der Waals surface area contributed by atoms with E-state index in [0.29, 0.717) is 0 Å². The summed E-state index contributed by atoms with van der Waals surface area (Å²) in [7, 11) is 0. The van der Waals surface area contributed by atoms with Crippen LogP contribution in [0.25, 0.3) is 0 Å². The van der Waals surface area contributed by atoms with Crippen molar-refractivity contribution in [3.63, 3.8) is 0 Å². The van der Waals surface area contributed by atoms with Gasteiger partial charge >= 0.3 is 5.97 Å². The fraction of sp³-hybridized carbons (Fsp3) is 0.692. The summed E-state index contributed by atoms with van der Waals surface area (Å²) in [5.41, 5.74) is 3.90. The van der Waals surface area contributed by atoms with Crippen molar-refractivity contribution in [3.05, 3.63) is 6.42 Å². The second-order valence-electron chi connectivity index (χ2n) is 5.85. The van der Waals surface area contributed by atoms with Gasteiger partial charge in [0.2, 0.25) is 11.8 Å². The summed E-state index contributed by atoms with van der Waals surface area (Å²) < 4.78 is 0. The number of amides is 2. The molecule has 1 radical (unpaired) electrons. The van der Waals surface area contributed by atoms with Crippen LogP contribution in [-0.2, 0) is 14.4 Å². The molecule has 2 aliphatic carbocycles. The number of carbonyl (C=O) groups excluding carboxylic acids is 2. The monoisotopic (exact) mass is 298 g/mol. The Morgan fingerprint density at radius 1 is 1.33 bits per heavy atom. The van der Waals surface area contributed by atoms with E-state index in [2.05, 4.69) is 10.6 Å². The van der Waals surface area contributed by atoms with Crippen molar-refractivity contribution in [1.29, 1.82) is 0 Å². The van der Waals surface area contributed by atoms with Crippen molar-refractivity contribution < 1.29 is 24.6 Å². The van der Waals surface area contributed by atoms with Gasteiger partial charge in [-0.15, -0.1) is 0 Å². The average molecular weight is 298 g/mol. The van der Waals surface area contributed by atoms with Gasteiger partial charge in [0.05, 0.1) is 12.1 Å². The minimum atomic E-state index is -1.49. The molecule has 8 heteroatoms. The van der Waals surface area contributed by atoms with E-state index in [9.17, 15) is 24.6 Å². The lowest BCUT2D eigenvalue weighted by molar-refractivity contribution is -0.149. The smallest absolute Gasteiger partial charge is 0.329 e. The van der Waals surface area contributed by atoms with Gasteiger partial charge in [0.15, 0.2) is 0 Å². The van der Waals surface area contributed by atoms with E-state index in [-0.39, 0.29) is 18.3 Å². The van der Waals surface area contributed by atoms with E-state index in [1.807, 2.05) is 0 Å². The molecule has 2 saturated carbocycles. The van der Waals surface area contributed by atoms with E-state index < -0.39 is 41.5 Å². The number of rotatable bonds is 5. The predicted molar refractivity (Wildman–Crippen MR) is 71.7 cm³/mol. The second kappa shape index (κ2) is 5.27. The van der Waals surface area contributed by atoms with Gasteiger partial charge < -0.3 is 26.6 Å². The number of hydrogen-bond donors (Lipinski definition) is 5. The molecular formula is C13H20N3O5. The number of aliphatic hydroxyl groups is 1. The fourth-order valence-corrected chi connectivity index (χ4v) is 2.79. The zero-order chi connectivity index (χ0) is 15.9. The molecule has 0 bridgehead atoms. The van der Waals surface area contributed by atoms with Crippen LogP contribution in [0, 0.1) is 18.3 Å². The third-order valence-electron chi connectivity index (χ3n) is 4.14. The Labute approximate surface area is 122 Å². The Balaban J connectivity index is 2.03. The molecule has 117 valence electrons. The first kappa shape index (κ1) is 15.7. The minimum absolute atomic E-state index is 0.0339. The summed E-state index contributed by atoms with van der Waals surface area (Å²) in [6, 6.07) is -1.67. The van der Waals surface area contributed by atoms with Crippen molar-refractivity contribution in [1.82, 2.24) is 10.6 Å². The lowest BCUT2D eigenvalue weighted by atomic mass is 9.92. The van der Waals surface area contributed by atoms with Crippen LogP contribution in [0.15, 0.2) is 0 Å². The van der Waals surface area contributed by atoms with Gasteiger partial charge in [-0.25, -0.2) is 4.79 Å². The topological polar surface area (TPSA) is 142 Å². The molecule has 0 aromatic rings. The van der Waals surface area contributed by atoms with Crippen LogP contribution >= 0.6 is 0 Å². The van der Waals surface area contributed by atoms with Crippen molar-refractivity contribution in [2.75, 3.05) is 0 Å². The number of nitrogens with two attached hydrogens (primary N) is 1. The van der Waals surface area contributed by atoms with Gasteiger partial charge in [0.1, 0.15) is 11.6 Å². The summed E-state index contributed by atoms with van der Waals surface area (Å²) in [6.45, 7) is 2.93. The van der Waals surface area contributed by atoms with Gasteiger partial charge in [-0.2, -0.15) is 0 Å². The summed E-state index contributed by atoms with van der Waals surface area (Å²) >= 11 is 0. The standard InChI is InChI=1S/C13H20N3O5/c1-5(14)10(18)15-6(2)11(19)16-13(12(20)21)4-9(17)7-3-8(7)13/h3,5-9,17H,4,14H2,1-2H3,(H,15,18)(H,16,19)(H,20,21)/t5-,6-,7-,8+,9-,13-/m0/s1. The first-order valence-electron chi connectivity index (χ1n) is 6.83. The molecule has 0 aromatic heterocycles. The molecule has 6 atom stereocenters. The summed E-state index contributed by atoms with van der Waals surface area (Å²) in [4.78, 5) is 35.1. The molecule has 0 aliphatic heterocycles. The Morgan fingerprint density at radius 2 is 1.95 bits per heavy atom. The van der Waals surface area contributed by atoms with E-state index >= 15 is 0 Å². The molecule has 6 N–H and O–H groups in total. The molecule has 2 fully saturated rings. The number of hydrogen-bond acceptors (Lipinski definition) is 5. The third-order valence-corrected chi connectivity index (χ3v) is 4.14. The van der Waals surface area contributed by atoms with Gasteiger partial charge in [-0.3, -0.25) is 9.59 Å². The van der Waals surface area contributed by atoms with Gasteiger partial charge in [-0.05, 0) is 26.2 Å². The highest BCUT2D eigenvalue weighted by atomic mass is 16.4. The van der Waals surface area contributed by atoms with Crippen LogP contribution in [0.1, 0.15) is 20.3 Å². The van der Waals surface area contributed by atoms with Crippen molar-refractivity contribution in [2.24, 2.45) is 17.6 Å². The van der Waals surface area contributed by atoms with Gasteiger partial charge in [-0.1, -0.05) is 0 Å². The zero-order valence-electron chi connectivity index (χ0n) is 11.9. The highest BCUT2D eigenvalue weighted by Gasteiger charge is 2.67. The number of fused-ring (bicyclic) bond motifs is 1. The molecule has 0 saturated heterocycles. The van der Waals surface area contributed by atoms with Gasteiger partial charge in [0.25, 0.3) is 0 Å². The quantitative estimate of drug-likeness (QED) is 0.397. The molecule has 0 aromatic carbocycles. The van der Waals surface area contributed by atoms with Crippen LogP contribution < -0.4 is 16.4 Å². The van der Waals surface area contributed by atoms with E-state index in [0.717, 1.165) is 0 Å². The van der Waals surface area contributed by atoms with Crippen LogP contribution in [0.3, 0.4) is 0 Å². The number of carboxylic acids is 1. The molecule has 0 heterocycles. The number of carbonyl (C=O) groups is 3. The largest absolute Gasteiger partial charge is 0.479 e. The number of nitrogens with one attached hydrogen (secondary N) is 2. The lowest BCUT2D eigenvalue weighted by Gasteiger charge is -2.29. The Morgan fingerprint density at radius 3 is 2.33 bits per heavy atom. The minimum Gasteiger partial charge on any atom is -0.479 e. The SMILES string of the molecule is C[C@H](N)C(=O)N[C@@H](C)C(=O)N[C@@]1(C(=O)O)C[C@H](O)[C@H]2[CH][C@H]21. The maximum Gasteiger partial charge on any atom is 0.329 e. The molecule has 0 spiro atoms. The first-order valence-corrected chi connectivity index (χ1v) is 6.83. The third kappa shape index (κ3) is 2.73. The van der Waals surface area contributed by atoms with Crippen LogP contribution in [0.5, 0.6) is 0 Å². The highest BCUT2D eigenvalue weighted by molar-refractivity contribution is 5.93. The Hall–Kier alpha value is -1.67. The van der Waals surface area contributed by atoms with E-state index in [1.54, 1.807) is 6.42 Å². The maximum absolute atomic E-state index is 12.1. The number of carboxylic acid groups (broad SMARTS) is 1. The summed E-state index contributed by atoms with van der Waals surface area (Å²) in [5.74, 6) is -2.84. The second-order valence-corrected chi connectivity index (χ2v) is 5.85. The van der Waals surface area contributed by atoms with Crippen molar-refractivity contribution >= 4 is 17.8 Å². The van der Waals surface area contributed by atoms with Crippen molar-refractivity contribution in [3.8, 4) is 0 Å². The summed E-state index contributed by atoms with van der Waals surface area (Å²) in [5, 5.41) is 24.1. The Bertz CT molecular complexity index is 480. The van der Waals surface area contributed by atoms with Crippen LogP contribution in [0.2, 0.25) is 0 Å². The Kier molecular flexibility index (Phi) is 3.94. The number of aliphatic hydroxyl groups excluding tert-OH is 1. The molecule has 0 unspecified atom stereocenters. The van der Waals surface area contributed by atoms with Crippen LogP contribution in [-0.4, -0.2) is 51.7 Å². The molecule has 2 rings (SSSR count). The molecule has 2 aliphatic rings. The summed E-state index contributed by atoms with van der Waals surface area (Å²) in [6.07, 6.45) is 0.919. The zero-order valence-corrected chi connectivity index (χ0v) is 11.9. The first-order chi connectivity index (χ1) is 9.69. The molecule has 2 amide bonds.